The Balaban J connectivity index is 2.65. The zero-order valence-corrected chi connectivity index (χ0v) is 13.6. The number of esters is 1. The Bertz CT molecular complexity index is 649. The van der Waals surface area contributed by atoms with Crippen LogP contribution in [0.3, 0.4) is 0 Å². The third-order valence-corrected chi connectivity index (χ3v) is 4.61. The molecule has 0 spiro atoms. The van der Waals surface area contributed by atoms with Crippen molar-refractivity contribution in [2.45, 2.75) is 20.8 Å². The largest absolute Gasteiger partial charge is 0.464 e. The average Bonchev–Trinajstić information content (AvgIpc) is 2.74. The Labute approximate surface area is 124 Å². The number of nitrogens with zero attached hydrogens (tertiary/aromatic N) is 1. The fourth-order valence-electron chi connectivity index (χ4n) is 1.92. The molecule has 2 aromatic rings. The number of rotatable bonds is 2. The van der Waals surface area contributed by atoms with Crippen molar-refractivity contribution in [3.05, 3.63) is 38.4 Å². The molecule has 1 aromatic heterocycles. The van der Waals surface area contributed by atoms with E-state index in [-0.39, 0.29) is 0 Å². The van der Waals surface area contributed by atoms with E-state index in [0.717, 1.165) is 16.0 Å². The summed E-state index contributed by atoms with van der Waals surface area (Å²) in [6.45, 7) is 6.18. The first-order chi connectivity index (χ1) is 8.93. The maximum atomic E-state index is 11.8. The number of hydrogen-bond donors (Lipinski definition) is 0. The van der Waals surface area contributed by atoms with Gasteiger partial charge in [0.15, 0.2) is 9.61 Å². The van der Waals surface area contributed by atoms with Crippen molar-refractivity contribution in [3.63, 3.8) is 0 Å². The molecule has 100 valence electrons. The molecule has 1 aromatic carbocycles. The van der Waals surface area contributed by atoms with Crippen LogP contribution in [0.2, 0.25) is 0 Å². The molecule has 0 aliphatic rings. The van der Waals surface area contributed by atoms with Crippen molar-refractivity contribution in [1.29, 1.82) is 0 Å². The van der Waals surface area contributed by atoms with Crippen LogP contribution in [-0.2, 0) is 4.74 Å². The summed E-state index contributed by atoms with van der Waals surface area (Å²) < 4.78 is 5.47. The summed E-state index contributed by atoms with van der Waals surface area (Å²) in [7, 11) is 1.37. The first-order valence-electron chi connectivity index (χ1n) is 5.77. The van der Waals surface area contributed by atoms with Gasteiger partial charge < -0.3 is 4.74 Å². The molecule has 0 unspecified atom stereocenters. The van der Waals surface area contributed by atoms with Gasteiger partial charge in [0.1, 0.15) is 0 Å². The van der Waals surface area contributed by atoms with Gasteiger partial charge in [-0.2, -0.15) is 0 Å². The molecular formula is C14H14BrNO2S. The lowest BCUT2D eigenvalue weighted by Gasteiger charge is -2.09. The summed E-state index contributed by atoms with van der Waals surface area (Å²) in [5.41, 5.74) is 4.97. The van der Waals surface area contributed by atoms with Gasteiger partial charge in [-0.05, 0) is 59.0 Å². The summed E-state index contributed by atoms with van der Waals surface area (Å²) in [6, 6.07) is 4.22. The Hall–Kier alpha value is -1.20. The highest BCUT2D eigenvalue weighted by Gasteiger charge is 2.20. The highest BCUT2D eigenvalue weighted by Crippen LogP contribution is 2.36. The van der Waals surface area contributed by atoms with Gasteiger partial charge in [0.25, 0.3) is 0 Å². The lowest BCUT2D eigenvalue weighted by Crippen LogP contribution is -2.03. The molecule has 0 radical (unpaired) electrons. The van der Waals surface area contributed by atoms with Gasteiger partial charge in [-0.15, -0.1) is 11.3 Å². The van der Waals surface area contributed by atoms with Crippen molar-refractivity contribution in [1.82, 2.24) is 4.98 Å². The van der Waals surface area contributed by atoms with Crippen LogP contribution in [0.1, 0.15) is 27.2 Å². The second-order valence-electron chi connectivity index (χ2n) is 4.39. The zero-order chi connectivity index (χ0) is 14.2. The molecule has 5 heteroatoms. The number of aryl methyl sites for hydroxylation is 3. The standard InChI is InChI=1S/C14H14BrNO2S/c1-7-5-9(3)10(6-8(7)2)12-11(13(17)18-4)16-14(15)19-12/h5-6H,1-4H3. The molecule has 0 fully saturated rings. The van der Waals surface area contributed by atoms with Crippen molar-refractivity contribution in [3.8, 4) is 10.4 Å². The highest BCUT2D eigenvalue weighted by atomic mass is 79.9. The van der Waals surface area contributed by atoms with Crippen molar-refractivity contribution in [2.24, 2.45) is 0 Å². The summed E-state index contributed by atoms with van der Waals surface area (Å²) in [6.07, 6.45) is 0. The molecule has 1 heterocycles. The summed E-state index contributed by atoms with van der Waals surface area (Å²) in [4.78, 5) is 16.8. The highest BCUT2D eigenvalue weighted by molar-refractivity contribution is 9.11. The van der Waals surface area contributed by atoms with Crippen LogP contribution in [0.25, 0.3) is 10.4 Å². The van der Waals surface area contributed by atoms with Crippen LogP contribution < -0.4 is 0 Å². The third kappa shape index (κ3) is 2.72. The molecule has 0 atom stereocenters. The number of ether oxygens (including phenoxy) is 1. The van der Waals surface area contributed by atoms with Gasteiger partial charge in [-0.25, -0.2) is 9.78 Å². The van der Waals surface area contributed by atoms with E-state index in [4.69, 9.17) is 4.74 Å². The molecule has 0 saturated carbocycles. The van der Waals surface area contributed by atoms with E-state index < -0.39 is 5.97 Å². The lowest BCUT2D eigenvalue weighted by atomic mass is 9.99. The van der Waals surface area contributed by atoms with Crippen LogP contribution in [0.4, 0.5) is 0 Å². The Morgan fingerprint density at radius 1 is 1.21 bits per heavy atom. The Kier molecular flexibility index (Phi) is 4.06. The first kappa shape index (κ1) is 14.2. The van der Waals surface area contributed by atoms with Gasteiger partial charge in [-0.3, -0.25) is 0 Å². The van der Waals surface area contributed by atoms with Crippen LogP contribution in [0, 0.1) is 20.8 Å². The van der Waals surface area contributed by atoms with Crippen LogP contribution in [-0.4, -0.2) is 18.1 Å². The zero-order valence-electron chi connectivity index (χ0n) is 11.2. The molecule has 0 aliphatic heterocycles. The minimum Gasteiger partial charge on any atom is -0.464 e. The summed E-state index contributed by atoms with van der Waals surface area (Å²) >= 11 is 4.78. The summed E-state index contributed by atoms with van der Waals surface area (Å²) in [5, 5.41) is 0. The molecule has 2 rings (SSSR count). The number of aromatic nitrogens is 1. The SMILES string of the molecule is COC(=O)c1nc(Br)sc1-c1cc(C)c(C)cc1C. The maximum Gasteiger partial charge on any atom is 0.358 e. The van der Waals surface area contributed by atoms with E-state index in [0.29, 0.717) is 9.61 Å². The smallest absolute Gasteiger partial charge is 0.358 e. The van der Waals surface area contributed by atoms with Crippen molar-refractivity contribution in [2.75, 3.05) is 7.11 Å². The fourth-order valence-corrected chi connectivity index (χ4v) is 3.44. The van der Waals surface area contributed by atoms with Gasteiger partial charge >= 0.3 is 5.97 Å². The van der Waals surface area contributed by atoms with Crippen LogP contribution in [0.5, 0.6) is 0 Å². The number of carbonyl (C=O) groups excluding carboxylic acids is 1. The molecular weight excluding hydrogens is 326 g/mol. The number of hydrogen-bond acceptors (Lipinski definition) is 4. The van der Waals surface area contributed by atoms with Gasteiger partial charge in [0.2, 0.25) is 0 Å². The quantitative estimate of drug-likeness (QED) is 0.766. The lowest BCUT2D eigenvalue weighted by molar-refractivity contribution is 0.0595. The average molecular weight is 340 g/mol. The number of benzene rings is 1. The molecule has 0 saturated heterocycles. The minimum atomic E-state index is -0.408. The number of carbonyl (C=O) groups is 1. The second-order valence-corrected chi connectivity index (χ2v) is 6.66. The van der Waals surface area contributed by atoms with E-state index in [2.05, 4.69) is 46.9 Å². The molecule has 19 heavy (non-hydrogen) atoms. The topological polar surface area (TPSA) is 39.2 Å². The maximum absolute atomic E-state index is 11.8. The fraction of sp³-hybridized carbons (Fsp3) is 0.286. The molecule has 0 bridgehead atoms. The Morgan fingerprint density at radius 3 is 2.47 bits per heavy atom. The van der Waals surface area contributed by atoms with Crippen molar-refractivity contribution >= 4 is 33.2 Å². The molecule has 0 amide bonds. The van der Waals surface area contributed by atoms with E-state index in [1.165, 1.54) is 29.6 Å². The summed E-state index contributed by atoms with van der Waals surface area (Å²) in [5.74, 6) is -0.408. The predicted molar refractivity (Wildman–Crippen MR) is 80.8 cm³/mol. The number of halogens is 1. The third-order valence-electron chi connectivity index (χ3n) is 3.07. The molecule has 0 N–H and O–H groups in total. The van der Waals surface area contributed by atoms with E-state index in [1.807, 2.05) is 6.92 Å². The van der Waals surface area contributed by atoms with Crippen molar-refractivity contribution < 1.29 is 9.53 Å². The number of methoxy groups -OCH3 is 1. The Morgan fingerprint density at radius 2 is 1.84 bits per heavy atom. The second kappa shape index (κ2) is 5.43. The molecule has 3 nitrogen and oxygen atoms in total. The normalized spacial score (nSPS) is 10.6. The predicted octanol–water partition coefficient (Wildman–Crippen LogP) is 4.28. The van der Waals surface area contributed by atoms with Crippen LogP contribution in [0.15, 0.2) is 16.0 Å². The van der Waals surface area contributed by atoms with Gasteiger partial charge in [0, 0.05) is 0 Å². The number of thiazole rings is 1. The van der Waals surface area contributed by atoms with E-state index in [9.17, 15) is 4.79 Å². The monoisotopic (exact) mass is 339 g/mol. The van der Waals surface area contributed by atoms with Gasteiger partial charge in [-0.1, -0.05) is 12.1 Å². The van der Waals surface area contributed by atoms with E-state index in [1.54, 1.807) is 0 Å². The molecule has 0 aliphatic carbocycles. The van der Waals surface area contributed by atoms with E-state index >= 15 is 0 Å². The first-order valence-corrected chi connectivity index (χ1v) is 7.38. The minimum absolute atomic E-state index is 0.366. The van der Waals surface area contributed by atoms with Crippen LogP contribution >= 0.6 is 27.3 Å². The van der Waals surface area contributed by atoms with Gasteiger partial charge in [0.05, 0.1) is 12.0 Å².